The minimum atomic E-state index is -0.395. The molecule has 23 heavy (non-hydrogen) atoms. The molecule has 118 valence electrons. The number of nitrogens with one attached hydrogen (secondary N) is 1. The second-order valence-corrected chi connectivity index (χ2v) is 6.59. The molecule has 0 saturated carbocycles. The molecule has 1 saturated heterocycles. The van der Waals surface area contributed by atoms with Gasteiger partial charge in [0.25, 0.3) is 0 Å². The number of halogens is 1. The fourth-order valence-electron chi connectivity index (χ4n) is 3.01. The van der Waals surface area contributed by atoms with E-state index >= 15 is 0 Å². The van der Waals surface area contributed by atoms with Crippen LogP contribution in [0.4, 0.5) is 5.69 Å². The van der Waals surface area contributed by atoms with Crippen molar-refractivity contribution >= 4 is 33.4 Å². The lowest BCUT2D eigenvalue weighted by atomic mass is 9.93. The van der Waals surface area contributed by atoms with Crippen molar-refractivity contribution in [1.82, 2.24) is 4.90 Å². The summed E-state index contributed by atoms with van der Waals surface area (Å²) in [7, 11) is 1.76. The van der Waals surface area contributed by atoms with Gasteiger partial charge in [-0.05, 0) is 23.8 Å². The maximum Gasteiger partial charge on any atom is 0.230 e. The summed E-state index contributed by atoms with van der Waals surface area (Å²) in [6, 6.07) is 16.9. The van der Waals surface area contributed by atoms with Gasteiger partial charge in [-0.1, -0.05) is 52.3 Å². The van der Waals surface area contributed by atoms with E-state index in [1.54, 1.807) is 11.9 Å². The maximum atomic E-state index is 12.7. The highest BCUT2D eigenvalue weighted by atomic mass is 79.9. The van der Waals surface area contributed by atoms with Gasteiger partial charge in [-0.15, -0.1) is 0 Å². The summed E-state index contributed by atoms with van der Waals surface area (Å²) in [4.78, 5) is 26.5. The van der Waals surface area contributed by atoms with Gasteiger partial charge in [0.05, 0.1) is 12.0 Å². The van der Waals surface area contributed by atoms with Crippen LogP contribution < -0.4 is 5.32 Å². The Hall–Kier alpha value is -2.14. The van der Waals surface area contributed by atoms with Crippen molar-refractivity contribution in [2.24, 2.45) is 5.92 Å². The van der Waals surface area contributed by atoms with Gasteiger partial charge in [0.2, 0.25) is 11.8 Å². The molecule has 2 unspecified atom stereocenters. The Morgan fingerprint density at radius 2 is 1.91 bits per heavy atom. The summed E-state index contributed by atoms with van der Waals surface area (Å²) < 4.78 is 0.898. The minimum absolute atomic E-state index is 0.00625. The first-order valence-electron chi connectivity index (χ1n) is 7.43. The Balaban J connectivity index is 1.84. The fourth-order valence-corrected chi connectivity index (χ4v) is 3.41. The lowest BCUT2D eigenvalue weighted by Crippen LogP contribution is -2.30. The predicted octanol–water partition coefficient (Wildman–Crippen LogP) is 3.61. The fraction of sp³-hybridized carbons (Fsp3) is 0.222. The van der Waals surface area contributed by atoms with Crippen LogP contribution in [0.25, 0.3) is 0 Å². The third-order valence-electron chi connectivity index (χ3n) is 4.16. The summed E-state index contributed by atoms with van der Waals surface area (Å²) >= 11 is 3.39. The van der Waals surface area contributed by atoms with E-state index in [9.17, 15) is 9.59 Å². The topological polar surface area (TPSA) is 49.4 Å². The number of hydrogen-bond acceptors (Lipinski definition) is 2. The number of rotatable bonds is 3. The van der Waals surface area contributed by atoms with Crippen LogP contribution in [0.3, 0.4) is 0 Å². The van der Waals surface area contributed by atoms with Gasteiger partial charge in [-0.25, -0.2) is 0 Å². The summed E-state index contributed by atoms with van der Waals surface area (Å²) in [6.45, 7) is 0. The standard InChI is InChI=1S/C18H17BrN2O2/c1-21-16(22)11-15(17(21)12-6-3-2-4-7-12)18(23)20-14-9-5-8-13(19)10-14/h2-10,15,17H,11H2,1H3,(H,20,23). The van der Waals surface area contributed by atoms with E-state index in [4.69, 9.17) is 0 Å². The van der Waals surface area contributed by atoms with Crippen LogP contribution >= 0.6 is 15.9 Å². The zero-order valence-electron chi connectivity index (χ0n) is 12.7. The normalized spacial score (nSPS) is 20.6. The molecule has 3 rings (SSSR count). The molecule has 5 heteroatoms. The Labute approximate surface area is 143 Å². The Bertz CT molecular complexity index is 733. The van der Waals surface area contributed by atoms with E-state index in [0.29, 0.717) is 0 Å². The Morgan fingerprint density at radius 1 is 1.17 bits per heavy atom. The molecule has 1 fully saturated rings. The first kappa shape index (κ1) is 15.7. The smallest absolute Gasteiger partial charge is 0.230 e. The number of carbonyl (C=O) groups excluding carboxylic acids is 2. The van der Waals surface area contributed by atoms with E-state index in [0.717, 1.165) is 15.7 Å². The molecule has 1 heterocycles. The molecule has 2 aromatic carbocycles. The minimum Gasteiger partial charge on any atom is -0.338 e. The predicted molar refractivity (Wildman–Crippen MR) is 92.8 cm³/mol. The highest BCUT2D eigenvalue weighted by molar-refractivity contribution is 9.10. The molecular formula is C18H17BrN2O2. The Morgan fingerprint density at radius 3 is 2.61 bits per heavy atom. The van der Waals surface area contributed by atoms with Crippen LogP contribution in [0.2, 0.25) is 0 Å². The van der Waals surface area contributed by atoms with Crippen molar-refractivity contribution in [1.29, 1.82) is 0 Å². The van der Waals surface area contributed by atoms with Crippen molar-refractivity contribution < 1.29 is 9.59 Å². The van der Waals surface area contributed by atoms with Crippen LogP contribution in [-0.4, -0.2) is 23.8 Å². The van der Waals surface area contributed by atoms with E-state index < -0.39 is 5.92 Å². The lowest BCUT2D eigenvalue weighted by molar-refractivity contribution is -0.127. The van der Waals surface area contributed by atoms with Crippen LogP contribution in [0.15, 0.2) is 59.1 Å². The van der Waals surface area contributed by atoms with Gasteiger partial charge in [0, 0.05) is 23.6 Å². The highest BCUT2D eigenvalue weighted by Crippen LogP contribution is 2.37. The van der Waals surface area contributed by atoms with Crippen molar-refractivity contribution in [3.63, 3.8) is 0 Å². The molecular weight excluding hydrogens is 356 g/mol. The molecule has 1 aliphatic heterocycles. The Kier molecular flexibility index (Phi) is 4.48. The van der Waals surface area contributed by atoms with Crippen molar-refractivity contribution in [3.8, 4) is 0 Å². The van der Waals surface area contributed by atoms with Crippen molar-refractivity contribution in [3.05, 3.63) is 64.6 Å². The third-order valence-corrected chi connectivity index (χ3v) is 4.65. The number of amides is 2. The average Bonchev–Trinajstić information content (AvgIpc) is 2.84. The summed E-state index contributed by atoms with van der Waals surface area (Å²) in [6.07, 6.45) is 0.232. The highest BCUT2D eigenvalue weighted by Gasteiger charge is 2.42. The van der Waals surface area contributed by atoms with E-state index in [1.807, 2.05) is 54.6 Å². The second kappa shape index (κ2) is 6.54. The third kappa shape index (κ3) is 3.29. The number of hydrogen-bond donors (Lipinski definition) is 1. The number of likely N-dealkylation sites (tertiary alicyclic amines) is 1. The van der Waals surface area contributed by atoms with Gasteiger partial charge >= 0.3 is 0 Å². The van der Waals surface area contributed by atoms with Gasteiger partial charge in [0.1, 0.15) is 0 Å². The molecule has 1 N–H and O–H groups in total. The number of anilines is 1. The molecule has 1 aliphatic rings. The SMILES string of the molecule is CN1C(=O)CC(C(=O)Nc2cccc(Br)c2)C1c1ccccc1. The van der Waals surface area contributed by atoms with Crippen LogP contribution in [-0.2, 0) is 9.59 Å². The van der Waals surface area contributed by atoms with E-state index in [1.165, 1.54) is 0 Å². The first-order valence-corrected chi connectivity index (χ1v) is 8.22. The molecule has 2 aromatic rings. The van der Waals surface area contributed by atoms with Crippen LogP contribution in [0.1, 0.15) is 18.0 Å². The summed E-state index contributed by atoms with van der Waals surface area (Å²) in [5, 5.41) is 2.92. The number of carbonyl (C=O) groups is 2. The van der Waals surface area contributed by atoms with Crippen molar-refractivity contribution in [2.45, 2.75) is 12.5 Å². The van der Waals surface area contributed by atoms with Gasteiger partial charge in [-0.2, -0.15) is 0 Å². The zero-order chi connectivity index (χ0) is 16.4. The molecule has 2 amide bonds. The molecule has 0 aromatic heterocycles. The monoisotopic (exact) mass is 372 g/mol. The average molecular weight is 373 g/mol. The zero-order valence-corrected chi connectivity index (χ0v) is 14.3. The molecule has 0 aliphatic carbocycles. The van der Waals surface area contributed by atoms with Gasteiger partial charge < -0.3 is 10.2 Å². The molecule has 4 nitrogen and oxygen atoms in total. The summed E-state index contributed by atoms with van der Waals surface area (Å²) in [5.41, 5.74) is 1.70. The van der Waals surface area contributed by atoms with Gasteiger partial charge in [-0.3, -0.25) is 9.59 Å². The molecule has 0 spiro atoms. The number of benzene rings is 2. The lowest BCUT2D eigenvalue weighted by Gasteiger charge is -2.25. The molecule has 2 atom stereocenters. The maximum absolute atomic E-state index is 12.7. The molecule has 0 bridgehead atoms. The summed E-state index contributed by atoms with van der Waals surface area (Å²) in [5.74, 6) is -0.531. The van der Waals surface area contributed by atoms with Crippen molar-refractivity contribution in [2.75, 3.05) is 12.4 Å². The van der Waals surface area contributed by atoms with E-state index in [-0.39, 0.29) is 24.3 Å². The number of nitrogens with zero attached hydrogens (tertiary/aromatic N) is 1. The molecule has 0 radical (unpaired) electrons. The quantitative estimate of drug-likeness (QED) is 0.894. The van der Waals surface area contributed by atoms with Crippen LogP contribution in [0, 0.1) is 5.92 Å². The first-order chi connectivity index (χ1) is 11.1. The van der Waals surface area contributed by atoms with Gasteiger partial charge in [0.15, 0.2) is 0 Å². The van der Waals surface area contributed by atoms with E-state index in [2.05, 4.69) is 21.2 Å². The van der Waals surface area contributed by atoms with Crippen LogP contribution in [0.5, 0.6) is 0 Å². The largest absolute Gasteiger partial charge is 0.338 e. The second-order valence-electron chi connectivity index (χ2n) is 5.67.